The molecule has 2 aromatic rings. The Hall–Kier alpha value is -2.14. The lowest BCUT2D eigenvalue weighted by Crippen LogP contribution is -2.31. The van der Waals surface area contributed by atoms with Gasteiger partial charge in [0.1, 0.15) is 0 Å². The van der Waals surface area contributed by atoms with Crippen molar-refractivity contribution < 1.29 is 4.92 Å². The van der Waals surface area contributed by atoms with Crippen molar-refractivity contribution >= 4 is 23.1 Å². The molecule has 3 rings (SSSR count). The minimum atomic E-state index is -0.352. The van der Waals surface area contributed by atoms with E-state index < -0.39 is 0 Å². The van der Waals surface area contributed by atoms with Gasteiger partial charge in [-0.1, -0.05) is 17.7 Å². The summed E-state index contributed by atoms with van der Waals surface area (Å²) in [5, 5.41) is 12.0. The van der Waals surface area contributed by atoms with Gasteiger partial charge >= 0.3 is 5.69 Å². The maximum Gasteiger partial charge on any atom is 0.314 e. The van der Waals surface area contributed by atoms with Crippen LogP contribution in [0.25, 0.3) is 0 Å². The Morgan fingerprint density at radius 3 is 2.90 bits per heavy atom. The van der Waals surface area contributed by atoms with Gasteiger partial charge in [-0.25, -0.2) is 4.98 Å². The third-order valence-electron chi connectivity index (χ3n) is 3.77. The monoisotopic (exact) mass is 303 g/mol. The van der Waals surface area contributed by atoms with Crippen LogP contribution in [0, 0.1) is 17.0 Å². The maximum atomic E-state index is 11.3. The van der Waals surface area contributed by atoms with Gasteiger partial charge in [0.15, 0.2) is 0 Å². The number of nitro groups is 1. The van der Waals surface area contributed by atoms with E-state index in [1.54, 1.807) is 19.2 Å². The van der Waals surface area contributed by atoms with Crippen molar-refractivity contribution in [3.05, 3.63) is 62.3 Å². The van der Waals surface area contributed by atoms with Crippen LogP contribution >= 0.6 is 11.6 Å². The molecule has 0 aliphatic carbocycles. The van der Waals surface area contributed by atoms with E-state index in [9.17, 15) is 10.1 Å². The standard InChI is InChI=1S/C15H14ClN3O2/c1-10-4-6-17-15(14(10)19(20)21)18-7-5-11-8-13(16)3-2-12(11)9-18/h2-4,6,8H,5,7,9H2,1H3. The minimum Gasteiger partial charge on any atom is -0.346 e. The number of benzene rings is 1. The number of aromatic nitrogens is 1. The van der Waals surface area contributed by atoms with Gasteiger partial charge in [-0.2, -0.15) is 0 Å². The van der Waals surface area contributed by atoms with Crippen LogP contribution in [-0.2, 0) is 13.0 Å². The maximum absolute atomic E-state index is 11.3. The third kappa shape index (κ3) is 2.56. The lowest BCUT2D eigenvalue weighted by molar-refractivity contribution is -0.384. The van der Waals surface area contributed by atoms with E-state index in [0.717, 1.165) is 17.0 Å². The number of halogens is 1. The topological polar surface area (TPSA) is 59.3 Å². The van der Waals surface area contributed by atoms with Crippen molar-refractivity contribution in [3.63, 3.8) is 0 Å². The van der Waals surface area contributed by atoms with E-state index in [1.807, 2.05) is 23.1 Å². The first-order chi connectivity index (χ1) is 10.1. The zero-order chi connectivity index (χ0) is 15.0. The van der Waals surface area contributed by atoms with Crippen LogP contribution in [0.2, 0.25) is 5.02 Å². The van der Waals surface area contributed by atoms with Crippen LogP contribution in [0.3, 0.4) is 0 Å². The Kier molecular flexibility index (Phi) is 3.51. The summed E-state index contributed by atoms with van der Waals surface area (Å²) in [5.41, 5.74) is 3.07. The second-order valence-electron chi connectivity index (χ2n) is 5.14. The molecule has 1 aromatic heterocycles. The van der Waals surface area contributed by atoms with Crippen molar-refractivity contribution in [1.29, 1.82) is 0 Å². The molecule has 1 aromatic carbocycles. The first-order valence-electron chi connectivity index (χ1n) is 6.68. The Balaban J connectivity index is 1.99. The van der Waals surface area contributed by atoms with Gasteiger partial charge in [0.2, 0.25) is 5.82 Å². The van der Waals surface area contributed by atoms with Crippen LogP contribution in [-0.4, -0.2) is 16.5 Å². The van der Waals surface area contributed by atoms with Crippen molar-refractivity contribution in [3.8, 4) is 0 Å². The van der Waals surface area contributed by atoms with Gasteiger partial charge in [-0.3, -0.25) is 10.1 Å². The average Bonchev–Trinajstić information content (AvgIpc) is 2.46. The summed E-state index contributed by atoms with van der Waals surface area (Å²) in [4.78, 5) is 17.1. The average molecular weight is 304 g/mol. The molecule has 0 amide bonds. The lowest BCUT2D eigenvalue weighted by Gasteiger charge is -2.29. The highest BCUT2D eigenvalue weighted by molar-refractivity contribution is 6.30. The summed E-state index contributed by atoms with van der Waals surface area (Å²) < 4.78 is 0. The van der Waals surface area contributed by atoms with Gasteiger partial charge < -0.3 is 4.90 Å². The second-order valence-corrected chi connectivity index (χ2v) is 5.58. The number of aryl methyl sites for hydroxylation is 1. The lowest BCUT2D eigenvalue weighted by atomic mass is 9.99. The summed E-state index contributed by atoms with van der Waals surface area (Å²) in [7, 11) is 0. The van der Waals surface area contributed by atoms with E-state index in [4.69, 9.17) is 11.6 Å². The highest BCUT2D eigenvalue weighted by Gasteiger charge is 2.26. The van der Waals surface area contributed by atoms with Gasteiger partial charge in [-0.15, -0.1) is 0 Å². The number of anilines is 1. The fraction of sp³-hybridized carbons (Fsp3) is 0.267. The molecule has 2 heterocycles. The Labute approximate surface area is 127 Å². The van der Waals surface area contributed by atoms with E-state index in [0.29, 0.717) is 24.5 Å². The minimum absolute atomic E-state index is 0.0925. The predicted octanol–water partition coefficient (Wildman–Crippen LogP) is 3.51. The fourth-order valence-electron chi connectivity index (χ4n) is 2.70. The zero-order valence-electron chi connectivity index (χ0n) is 11.5. The van der Waals surface area contributed by atoms with E-state index >= 15 is 0 Å². The largest absolute Gasteiger partial charge is 0.346 e. The summed E-state index contributed by atoms with van der Waals surface area (Å²) >= 11 is 6.00. The highest BCUT2D eigenvalue weighted by atomic mass is 35.5. The smallest absolute Gasteiger partial charge is 0.314 e. The highest BCUT2D eigenvalue weighted by Crippen LogP contribution is 2.32. The molecule has 6 heteroatoms. The van der Waals surface area contributed by atoms with Crippen LogP contribution in [0.15, 0.2) is 30.5 Å². The van der Waals surface area contributed by atoms with E-state index in [2.05, 4.69) is 4.98 Å². The van der Waals surface area contributed by atoms with Gasteiger partial charge in [-0.05, 0) is 42.7 Å². The molecule has 0 unspecified atom stereocenters. The third-order valence-corrected chi connectivity index (χ3v) is 4.00. The summed E-state index contributed by atoms with van der Waals surface area (Å²) in [5.74, 6) is 0.445. The zero-order valence-corrected chi connectivity index (χ0v) is 12.3. The van der Waals surface area contributed by atoms with Gasteiger partial charge in [0.25, 0.3) is 0 Å². The normalized spacial score (nSPS) is 13.9. The molecule has 0 N–H and O–H groups in total. The Morgan fingerprint density at radius 1 is 1.33 bits per heavy atom. The number of rotatable bonds is 2. The molecular weight excluding hydrogens is 290 g/mol. The molecule has 1 aliphatic heterocycles. The molecule has 5 nitrogen and oxygen atoms in total. The molecule has 0 spiro atoms. The molecular formula is C15H14ClN3O2. The van der Waals surface area contributed by atoms with Crippen LogP contribution in [0.1, 0.15) is 16.7 Å². The Morgan fingerprint density at radius 2 is 2.14 bits per heavy atom. The van der Waals surface area contributed by atoms with Crippen molar-refractivity contribution in [2.75, 3.05) is 11.4 Å². The van der Waals surface area contributed by atoms with Crippen LogP contribution < -0.4 is 4.90 Å². The molecule has 0 atom stereocenters. The molecule has 0 saturated heterocycles. The molecule has 1 aliphatic rings. The molecule has 0 radical (unpaired) electrons. The summed E-state index contributed by atoms with van der Waals surface area (Å²) in [6, 6.07) is 7.46. The number of fused-ring (bicyclic) bond motifs is 1. The summed E-state index contributed by atoms with van der Waals surface area (Å²) in [6.45, 7) is 3.05. The molecule has 108 valence electrons. The quantitative estimate of drug-likeness (QED) is 0.629. The fourth-order valence-corrected chi connectivity index (χ4v) is 2.89. The van der Waals surface area contributed by atoms with Crippen molar-refractivity contribution in [2.45, 2.75) is 19.9 Å². The number of hydrogen-bond acceptors (Lipinski definition) is 4. The molecule has 21 heavy (non-hydrogen) atoms. The van der Waals surface area contributed by atoms with Crippen molar-refractivity contribution in [1.82, 2.24) is 4.98 Å². The number of nitrogens with zero attached hydrogens (tertiary/aromatic N) is 3. The van der Waals surface area contributed by atoms with Crippen LogP contribution in [0.5, 0.6) is 0 Å². The molecule has 0 bridgehead atoms. The SMILES string of the molecule is Cc1ccnc(N2CCc3cc(Cl)ccc3C2)c1[N+](=O)[O-]. The van der Waals surface area contributed by atoms with E-state index in [1.165, 1.54) is 5.56 Å². The van der Waals surface area contributed by atoms with E-state index in [-0.39, 0.29) is 10.6 Å². The Bertz CT molecular complexity index is 718. The first-order valence-corrected chi connectivity index (χ1v) is 7.06. The number of pyridine rings is 1. The van der Waals surface area contributed by atoms with Crippen LogP contribution in [0.4, 0.5) is 11.5 Å². The van der Waals surface area contributed by atoms with Crippen molar-refractivity contribution in [2.24, 2.45) is 0 Å². The predicted molar refractivity (Wildman–Crippen MR) is 81.8 cm³/mol. The second kappa shape index (κ2) is 5.33. The molecule has 0 fully saturated rings. The van der Waals surface area contributed by atoms with Gasteiger partial charge in [0, 0.05) is 29.9 Å². The first kappa shape index (κ1) is 13.8. The molecule has 0 saturated carbocycles. The van der Waals surface area contributed by atoms with Gasteiger partial charge in [0.05, 0.1) is 4.92 Å². The summed E-state index contributed by atoms with van der Waals surface area (Å²) in [6.07, 6.45) is 2.43. The number of hydrogen-bond donors (Lipinski definition) is 0.